The van der Waals surface area contributed by atoms with Gasteiger partial charge in [-0.05, 0) is 35.9 Å². The highest BCUT2D eigenvalue weighted by Gasteiger charge is 2.11. The van der Waals surface area contributed by atoms with E-state index in [2.05, 4.69) is 22.9 Å². The Balaban J connectivity index is 1.72. The van der Waals surface area contributed by atoms with Crippen LogP contribution in [0.25, 0.3) is 10.2 Å². The van der Waals surface area contributed by atoms with E-state index < -0.39 is 0 Å². The number of methoxy groups -OCH3 is 2. The van der Waals surface area contributed by atoms with Crippen LogP contribution < -0.4 is 14.8 Å². The number of anilines is 1. The molecule has 1 amide bonds. The van der Waals surface area contributed by atoms with Crippen molar-refractivity contribution in [2.24, 2.45) is 0 Å². The summed E-state index contributed by atoms with van der Waals surface area (Å²) in [7, 11) is 3.14. The average Bonchev–Trinajstić information content (AvgIpc) is 2.95. The fourth-order valence-electron chi connectivity index (χ4n) is 2.31. The smallest absolute Gasteiger partial charge is 0.230 e. The maximum atomic E-state index is 12.2. The standard InChI is InChI=1S/C17H16N2O3S2/c1-21-13-6-3-10(7-14(13)22-2)8-16(20)19-17-18-12-5-4-11(23)9-15(12)24-17/h3-7,9,23H,8H2,1-2H3,(H,18,19,20). The molecule has 0 aliphatic heterocycles. The summed E-state index contributed by atoms with van der Waals surface area (Å²) < 4.78 is 11.4. The van der Waals surface area contributed by atoms with Crippen molar-refractivity contribution in [1.29, 1.82) is 0 Å². The molecule has 5 nitrogen and oxygen atoms in total. The second-order valence-electron chi connectivity index (χ2n) is 5.09. The number of rotatable bonds is 5. The summed E-state index contributed by atoms with van der Waals surface area (Å²) in [5.41, 5.74) is 1.68. The van der Waals surface area contributed by atoms with Gasteiger partial charge in [0.15, 0.2) is 16.6 Å². The van der Waals surface area contributed by atoms with Gasteiger partial charge >= 0.3 is 0 Å². The quantitative estimate of drug-likeness (QED) is 0.680. The van der Waals surface area contributed by atoms with Crippen molar-refractivity contribution in [2.45, 2.75) is 11.3 Å². The highest BCUT2D eigenvalue weighted by atomic mass is 32.1. The molecule has 0 unspecified atom stereocenters. The lowest BCUT2D eigenvalue weighted by Gasteiger charge is -2.09. The molecule has 3 aromatic rings. The van der Waals surface area contributed by atoms with Gasteiger partial charge in [0.05, 0.1) is 30.9 Å². The van der Waals surface area contributed by atoms with E-state index >= 15 is 0 Å². The molecule has 7 heteroatoms. The molecular formula is C17H16N2O3S2. The topological polar surface area (TPSA) is 60.5 Å². The van der Waals surface area contributed by atoms with Crippen molar-refractivity contribution in [3.63, 3.8) is 0 Å². The molecule has 24 heavy (non-hydrogen) atoms. The maximum Gasteiger partial charge on any atom is 0.230 e. The first kappa shape index (κ1) is 16.6. The number of aromatic nitrogens is 1. The number of hydrogen-bond donors (Lipinski definition) is 2. The van der Waals surface area contributed by atoms with Gasteiger partial charge in [-0.25, -0.2) is 4.98 Å². The molecule has 0 radical (unpaired) electrons. The van der Waals surface area contributed by atoms with Crippen LogP contribution in [0.1, 0.15) is 5.56 Å². The number of carbonyl (C=O) groups is 1. The van der Waals surface area contributed by atoms with Crippen molar-refractivity contribution in [2.75, 3.05) is 19.5 Å². The zero-order chi connectivity index (χ0) is 17.1. The molecule has 0 saturated carbocycles. The maximum absolute atomic E-state index is 12.2. The van der Waals surface area contributed by atoms with E-state index in [1.165, 1.54) is 11.3 Å². The minimum atomic E-state index is -0.132. The number of hydrogen-bond acceptors (Lipinski definition) is 6. The first-order chi connectivity index (χ1) is 11.6. The Morgan fingerprint density at radius 3 is 2.71 bits per heavy atom. The fourth-order valence-corrected chi connectivity index (χ4v) is 3.52. The lowest BCUT2D eigenvalue weighted by molar-refractivity contribution is -0.115. The molecule has 0 aliphatic carbocycles. The van der Waals surface area contributed by atoms with Gasteiger partial charge in [0.25, 0.3) is 0 Å². The molecule has 0 aliphatic rings. The third kappa shape index (κ3) is 3.63. The molecule has 1 heterocycles. The first-order valence-corrected chi connectivity index (χ1v) is 8.45. The number of carbonyl (C=O) groups excluding carboxylic acids is 1. The second kappa shape index (κ2) is 7.11. The Morgan fingerprint density at radius 2 is 1.96 bits per heavy atom. The minimum absolute atomic E-state index is 0.132. The Labute approximate surface area is 149 Å². The number of nitrogens with one attached hydrogen (secondary N) is 1. The highest BCUT2D eigenvalue weighted by molar-refractivity contribution is 7.80. The summed E-state index contributed by atoms with van der Waals surface area (Å²) in [4.78, 5) is 17.5. The number of nitrogens with zero attached hydrogens (tertiary/aromatic N) is 1. The minimum Gasteiger partial charge on any atom is -0.493 e. The Morgan fingerprint density at radius 1 is 1.17 bits per heavy atom. The molecule has 1 N–H and O–H groups in total. The summed E-state index contributed by atoms with van der Waals surface area (Å²) >= 11 is 5.74. The van der Waals surface area contributed by atoms with Crippen LogP contribution in [0.3, 0.4) is 0 Å². The summed E-state index contributed by atoms with van der Waals surface area (Å²) in [5, 5.41) is 3.41. The van der Waals surface area contributed by atoms with E-state index in [0.717, 1.165) is 20.7 Å². The summed E-state index contributed by atoms with van der Waals surface area (Å²) in [6, 6.07) is 11.1. The largest absolute Gasteiger partial charge is 0.493 e. The summed E-state index contributed by atoms with van der Waals surface area (Å²) in [6.07, 6.45) is 0.230. The van der Waals surface area contributed by atoms with Crippen molar-refractivity contribution < 1.29 is 14.3 Å². The van der Waals surface area contributed by atoms with E-state index in [0.29, 0.717) is 16.6 Å². The van der Waals surface area contributed by atoms with Gasteiger partial charge < -0.3 is 14.8 Å². The van der Waals surface area contributed by atoms with Crippen molar-refractivity contribution in [3.8, 4) is 11.5 Å². The second-order valence-corrected chi connectivity index (χ2v) is 6.63. The van der Waals surface area contributed by atoms with Gasteiger partial charge in [0.1, 0.15) is 0 Å². The Hall–Kier alpha value is -2.25. The third-order valence-corrected chi connectivity index (χ3v) is 4.64. The number of amides is 1. The van der Waals surface area contributed by atoms with E-state index in [-0.39, 0.29) is 12.3 Å². The van der Waals surface area contributed by atoms with Gasteiger partial charge in [-0.3, -0.25) is 4.79 Å². The van der Waals surface area contributed by atoms with Crippen molar-refractivity contribution in [1.82, 2.24) is 4.98 Å². The van der Waals surface area contributed by atoms with Crippen LogP contribution in [0.15, 0.2) is 41.3 Å². The van der Waals surface area contributed by atoms with Gasteiger partial charge in [0.2, 0.25) is 5.91 Å². The van der Waals surface area contributed by atoms with E-state index in [9.17, 15) is 4.79 Å². The molecule has 0 fully saturated rings. The molecule has 0 saturated heterocycles. The molecule has 124 valence electrons. The van der Waals surface area contributed by atoms with Crippen LogP contribution in [0.5, 0.6) is 11.5 Å². The average molecular weight is 360 g/mol. The van der Waals surface area contributed by atoms with E-state index in [4.69, 9.17) is 9.47 Å². The number of thiazole rings is 1. The fraction of sp³-hybridized carbons (Fsp3) is 0.176. The van der Waals surface area contributed by atoms with Crippen LogP contribution in [-0.4, -0.2) is 25.1 Å². The lowest BCUT2D eigenvalue weighted by Crippen LogP contribution is -2.14. The Bertz CT molecular complexity index is 893. The normalized spacial score (nSPS) is 10.6. The molecule has 1 aromatic heterocycles. The molecule has 0 atom stereocenters. The molecule has 3 rings (SSSR count). The third-order valence-electron chi connectivity index (χ3n) is 3.43. The monoisotopic (exact) mass is 360 g/mol. The zero-order valence-electron chi connectivity index (χ0n) is 13.2. The predicted molar refractivity (Wildman–Crippen MR) is 98.8 cm³/mol. The number of thiol groups is 1. The van der Waals surface area contributed by atoms with Crippen molar-refractivity contribution >= 4 is 45.2 Å². The van der Waals surface area contributed by atoms with Crippen molar-refractivity contribution in [3.05, 3.63) is 42.0 Å². The van der Waals surface area contributed by atoms with Gasteiger partial charge in [-0.2, -0.15) is 0 Å². The van der Waals surface area contributed by atoms with Gasteiger partial charge in [-0.15, -0.1) is 12.6 Å². The lowest BCUT2D eigenvalue weighted by atomic mass is 10.1. The predicted octanol–water partition coefficient (Wildman–Crippen LogP) is 3.78. The van der Waals surface area contributed by atoms with Crippen LogP contribution in [0, 0.1) is 0 Å². The zero-order valence-corrected chi connectivity index (χ0v) is 14.9. The molecule has 0 spiro atoms. The molecule has 0 bridgehead atoms. The van der Waals surface area contributed by atoms with Crippen LogP contribution >= 0.6 is 24.0 Å². The highest BCUT2D eigenvalue weighted by Crippen LogP contribution is 2.29. The summed E-state index contributed by atoms with van der Waals surface area (Å²) in [6.45, 7) is 0. The molecule has 2 aromatic carbocycles. The SMILES string of the molecule is COc1ccc(CC(=O)Nc2nc3ccc(S)cc3s2)cc1OC. The molecular weight excluding hydrogens is 344 g/mol. The number of fused-ring (bicyclic) bond motifs is 1. The van der Waals surface area contributed by atoms with E-state index in [1.54, 1.807) is 26.4 Å². The summed E-state index contributed by atoms with van der Waals surface area (Å²) in [5.74, 6) is 1.10. The van der Waals surface area contributed by atoms with Crippen LogP contribution in [0.2, 0.25) is 0 Å². The number of ether oxygens (including phenoxy) is 2. The van der Waals surface area contributed by atoms with Crippen LogP contribution in [0.4, 0.5) is 5.13 Å². The number of benzene rings is 2. The Kier molecular flexibility index (Phi) is 4.92. The van der Waals surface area contributed by atoms with E-state index in [1.807, 2.05) is 24.3 Å². The van der Waals surface area contributed by atoms with Gasteiger partial charge in [0, 0.05) is 4.90 Å². The first-order valence-electron chi connectivity index (χ1n) is 7.19. The van der Waals surface area contributed by atoms with Crippen LogP contribution in [-0.2, 0) is 11.2 Å². The van der Waals surface area contributed by atoms with Gasteiger partial charge in [-0.1, -0.05) is 17.4 Å².